The third-order valence-electron chi connectivity index (χ3n) is 2.35. The topological polar surface area (TPSA) is 43.1 Å². The van der Waals surface area contributed by atoms with Crippen molar-refractivity contribution in [2.75, 3.05) is 19.9 Å². The van der Waals surface area contributed by atoms with Gasteiger partial charge in [-0.15, -0.1) is 12.4 Å². The summed E-state index contributed by atoms with van der Waals surface area (Å²) >= 11 is 0. The largest absolute Gasteiger partial charge is 0.329 e. The Morgan fingerprint density at radius 1 is 1.50 bits per heavy atom. The average Bonchev–Trinajstić information content (AvgIpc) is 2.40. The molecule has 0 spiro atoms. The van der Waals surface area contributed by atoms with Crippen LogP contribution in [0.1, 0.15) is 12.8 Å². The maximum atomic E-state index is 11.4. The molecule has 0 unspecified atom stereocenters. The van der Waals surface area contributed by atoms with Crippen molar-refractivity contribution in [2.24, 2.45) is 5.73 Å². The number of halogens is 1. The predicted molar refractivity (Wildman–Crippen MR) is 47.7 cm³/mol. The second kappa shape index (κ2) is 2.84. The van der Waals surface area contributed by atoms with Crippen molar-refractivity contribution in [1.29, 1.82) is 0 Å². The van der Waals surface area contributed by atoms with Crippen molar-refractivity contribution in [3.05, 3.63) is 0 Å². The Morgan fingerprint density at radius 3 is 1.90 bits per heavy atom. The SMILES string of the molecule is CP(C)(=O)C1(CN)CC1.Cl. The van der Waals surface area contributed by atoms with Crippen molar-refractivity contribution in [3.8, 4) is 0 Å². The van der Waals surface area contributed by atoms with E-state index in [2.05, 4.69) is 0 Å². The van der Waals surface area contributed by atoms with Crippen LogP contribution in [0.4, 0.5) is 0 Å². The van der Waals surface area contributed by atoms with Gasteiger partial charge in [0.15, 0.2) is 0 Å². The molecule has 1 rings (SSSR count). The van der Waals surface area contributed by atoms with Gasteiger partial charge in [0.1, 0.15) is 0 Å². The minimum absolute atomic E-state index is 0. The highest BCUT2D eigenvalue weighted by molar-refractivity contribution is 7.64. The maximum absolute atomic E-state index is 11.4. The van der Waals surface area contributed by atoms with Crippen molar-refractivity contribution < 1.29 is 4.57 Å². The lowest BCUT2D eigenvalue weighted by molar-refractivity contribution is 0.570. The zero-order valence-electron chi connectivity index (χ0n) is 6.46. The molecule has 0 heterocycles. The fourth-order valence-corrected chi connectivity index (χ4v) is 2.74. The fourth-order valence-electron chi connectivity index (χ4n) is 1.11. The summed E-state index contributed by atoms with van der Waals surface area (Å²) < 4.78 is 11.4. The van der Waals surface area contributed by atoms with E-state index in [9.17, 15) is 4.57 Å². The van der Waals surface area contributed by atoms with E-state index in [0.717, 1.165) is 12.8 Å². The van der Waals surface area contributed by atoms with E-state index in [1.165, 1.54) is 0 Å². The van der Waals surface area contributed by atoms with E-state index in [-0.39, 0.29) is 17.6 Å². The highest BCUT2D eigenvalue weighted by atomic mass is 35.5. The molecule has 1 saturated carbocycles. The summed E-state index contributed by atoms with van der Waals surface area (Å²) in [5.41, 5.74) is 5.48. The molecule has 62 valence electrons. The number of nitrogens with two attached hydrogens (primary N) is 1. The fraction of sp³-hybridized carbons (Fsp3) is 1.00. The van der Waals surface area contributed by atoms with E-state index in [0.29, 0.717) is 6.54 Å². The molecule has 0 aromatic carbocycles. The third-order valence-corrected chi connectivity index (χ3v) is 5.26. The zero-order valence-corrected chi connectivity index (χ0v) is 8.17. The number of rotatable bonds is 2. The van der Waals surface area contributed by atoms with Gasteiger partial charge >= 0.3 is 0 Å². The van der Waals surface area contributed by atoms with Gasteiger partial charge in [0.05, 0.1) is 7.14 Å². The van der Waals surface area contributed by atoms with Crippen LogP contribution in [0.15, 0.2) is 0 Å². The molecule has 1 fully saturated rings. The van der Waals surface area contributed by atoms with Gasteiger partial charge in [-0.2, -0.15) is 0 Å². The summed E-state index contributed by atoms with van der Waals surface area (Å²) in [6.45, 7) is 4.29. The van der Waals surface area contributed by atoms with Gasteiger partial charge in [0.2, 0.25) is 0 Å². The van der Waals surface area contributed by atoms with Crippen LogP contribution in [0, 0.1) is 0 Å². The second-order valence-electron chi connectivity index (χ2n) is 3.28. The standard InChI is InChI=1S/C6H14NOP.ClH/c1-9(2,8)6(5-7)3-4-6;/h3-5,7H2,1-2H3;1H. The van der Waals surface area contributed by atoms with Crippen LogP contribution < -0.4 is 5.73 Å². The molecule has 0 aromatic rings. The summed E-state index contributed by atoms with van der Waals surface area (Å²) in [4.78, 5) is 0. The molecule has 0 atom stereocenters. The van der Waals surface area contributed by atoms with Gasteiger partial charge < -0.3 is 10.3 Å². The second-order valence-corrected chi connectivity index (χ2v) is 6.93. The molecule has 0 amide bonds. The minimum Gasteiger partial charge on any atom is -0.329 e. The lowest BCUT2D eigenvalue weighted by atomic mass is 10.4. The highest BCUT2D eigenvalue weighted by Crippen LogP contribution is 2.64. The molecule has 4 heteroatoms. The Labute approximate surface area is 68.3 Å². The smallest absolute Gasteiger partial charge is 0.0889 e. The Morgan fingerprint density at radius 2 is 1.90 bits per heavy atom. The van der Waals surface area contributed by atoms with Gasteiger partial charge in [-0.1, -0.05) is 0 Å². The molecule has 2 N–H and O–H groups in total. The zero-order chi connectivity index (χ0) is 7.12. The van der Waals surface area contributed by atoms with Crippen molar-refractivity contribution in [2.45, 2.75) is 18.0 Å². The van der Waals surface area contributed by atoms with Gasteiger partial charge in [-0.05, 0) is 26.2 Å². The van der Waals surface area contributed by atoms with Crippen LogP contribution in [-0.4, -0.2) is 25.0 Å². The normalized spacial score (nSPS) is 21.5. The van der Waals surface area contributed by atoms with Gasteiger partial charge in [0, 0.05) is 11.7 Å². The Hall–Kier alpha value is 0.480. The molecule has 0 aromatic heterocycles. The molecular formula is C6H15ClNOP. The molecule has 0 saturated heterocycles. The quantitative estimate of drug-likeness (QED) is 0.660. The first-order chi connectivity index (χ1) is 4.02. The van der Waals surface area contributed by atoms with Crippen molar-refractivity contribution in [3.63, 3.8) is 0 Å². The molecule has 1 aliphatic rings. The highest BCUT2D eigenvalue weighted by Gasteiger charge is 2.50. The Kier molecular flexibility index (Phi) is 2.98. The monoisotopic (exact) mass is 183 g/mol. The third kappa shape index (κ3) is 1.55. The van der Waals surface area contributed by atoms with Crippen LogP contribution in [0.25, 0.3) is 0 Å². The summed E-state index contributed by atoms with van der Waals surface area (Å²) in [6, 6.07) is 0. The Bertz CT molecular complexity index is 161. The molecule has 0 aliphatic heterocycles. The number of hydrogen-bond acceptors (Lipinski definition) is 2. The summed E-state index contributed by atoms with van der Waals surface area (Å²) in [5.74, 6) is 0. The Balaban J connectivity index is 0.000000810. The number of hydrogen-bond donors (Lipinski definition) is 1. The molecule has 10 heavy (non-hydrogen) atoms. The van der Waals surface area contributed by atoms with E-state index >= 15 is 0 Å². The van der Waals surface area contributed by atoms with Crippen LogP contribution >= 0.6 is 19.5 Å². The van der Waals surface area contributed by atoms with Crippen LogP contribution in [0.3, 0.4) is 0 Å². The summed E-state index contributed by atoms with van der Waals surface area (Å²) in [6.07, 6.45) is 2.15. The molecular weight excluding hydrogens is 168 g/mol. The average molecular weight is 184 g/mol. The van der Waals surface area contributed by atoms with Gasteiger partial charge in [0.25, 0.3) is 0 Å². The summed E-state index contributed by atoms with van der Waals surface area (Å²) in [5, 5.41) is 0.0625. The predicted octanol–water partition coefficient (Wildman–Crippen LogP) is 1.52. The first kappa shape index (κ1) is 10.5. The first-order valence-corrected chi connectivity index (χ1v) is 5.87. The van der Waals surface area contributed by atoms with Crippen molar-refractivity contribution in [1.82, 2.24) is 0 Å². The van der Waals surface area contributed by atoms with E-state index in [4.69, 9.17) is 5.73 Å². The van der Waals surface area contributed by atoms with Crippen LogP contribution in [0.2, 0.25) is 0 Å². The summed E-state index contributed by atoms with van der Waals surface area (Å²) in [7, 11) is -1.88. The molecule has 2 nitrogen and oxygen atoms in total. The van der Waals surface area contributed by atoms with Gasteiger partial charge in [-0.3, -0.25) is 0 Å². The lowest BCUT2D eigenvalue weighted by Gasteiger charge is -2.16. The van der Waals surface area contributed by atoms with E-state index in [1.807, 2.05) is 13.3 Å². The first-order valence-electron chi connectivity index (χ1n) is 3.27. The molecule has 1 aliphatic carbocycles. The minimum atomic E-state index is -1.88. The van der Waals surface area contributed by atoms with Crippen LogP contribution in [-0.2, 0) is 4.57 Å². The lowest BCUT2D eigenvalue weighted by Crippen LogP contribution is -2.21. The molecule has 0 bridgehead atoms. The van der Waals surface area contributed by atoms with Crippen LogP contribution in [0.5, 0.6) is 0 Å². The van der Waals surface area contributed by atoms with Gasteiger partial charge in [-0.25, -0.2) is 0 Å². The van der Waals surface area contributed by atoms with Crippen molar-refractivity contribution >= 4 is 19.5 Å². The molecule has 0 radical (unpaired) electrons. The van der Waals surface area contributed by atoms with E-state index in [1.54, 1.807) is 0 Å². The van der Waals surface area contributed by atoms with E-state index < -0.39 is 7.14 Å². The maximum Gasteiger partial charge on any atom is 0.0889 e.